The molecule has 0 amide bonds. The molecule has 0 bridgehead atoms. The van der Waals surface area contributed by atoms with Crippen LogP contribution in [0.25, 0.3) is 0 Å². The van der Waals surface area contributed by atoms with Crippen LogP contribution >= 0.6 is 0 Å². The lowest BCUT2D eigenvalue weighted by atomic mass is 10.0. The van der Waals surface area contributed by atoms with Crippen molar-refractivity contribution in [1.29, 1.82) is 0 Å². The summed E-state index contributed by atoms with van der Waals surface area (Å²) in [6.45, 7) is 2.27. The quantitative estimate of drug-likeness (QED) is 0.186. The molecule has 0 aromatic heterocycles. The second kappa shape index (κ2) is 12.1. The zero-order valence-electron chi connectivity index (χ0n) is 18.1. The van der Waals surface area contributed by atoms with Crippen LogP contribution in [-0.4, -0.2) is 47.7 Å². The number of carboxylic acid groups (broad SMARTS) is 1. The van der Waals surface area contributed by atoms with Crippen molar-refractivity contribution in [2.24, 2.45) is 0 Å². The Morgan fingerprint density at radius 2 is 1.21 bits per heavy atom. The molecule has 3 aliphatic rings. The van der Waals surface area contributed by atoms with E-state index >= 15 is 0 Å². The molecule has 166 valence electrons. The number of rotatable bonds is 18. The highest BCUT2D eigenvalue weighted by molar-refractivity contribution is 5.79. The van der Waals surface area contributed by atoms with E-state index < -0.39 is 5.97 Å². The van der Waals surface area contributed by atoms with Crippen LogP contribution < -0.4 is 0 Å². The van der Waals surface area contributed by atoms with Crippen molar-refractivity contribution in [3.63, 3.8) is 0 Å². The van der Waals surface area contributed by atoms with Gasteiger partial charge in [0.15, 0.2) is 0 Å². The van der Waals surface area contributed by atoms with E-state index in [9.17, 15) is 4.79 Å². The Labute approximate surface area is 176 Å². The summed E-state index contributed by atoms with van der Waals surface area (Å²) in [7, 11) is 0. The summed E-state index contributed by atoms with van der Waals surface area (Å²) in [6.07, 6.45) is 22.5. The van der Waals surface area contributed by atoms with Crippen LogP contribution in [0.2, 0.25) is 0 Å². The SMILES string of the molecule is CCCCCCCCCC1OC1CCCCC1OC1CC1OC1CC=CC(=O)O. The largest absolute Gasteiger partial charge is 0.478 e. The van der Waals surface area contributed by atoms with Gasteiger partial charge in [-0.25, -0.2) is 4.79 Å². The van der Waals surface area contributed by atoms with Crippen LogP contribution in [0.1, 0.15) is 96.8 Å². The predicted octanol–water partition coefficient (Wildman–Crippen LogP) is 5.41. The molecule has 5 nitrogen and oxygen atoms in total. The molecule has 3 rings (SSSR count). The summed E-state index contributed by atoms with van der Waals surface area (Å²) < 4.78 is 17.2. The van der Waals surface area contributed by atoms with Crippen molar-refractivity contribution in [2.75, 3.05) is 0 Å². The Hall–Kier alpha value is -0.910. The van der Waals surface area contributed by atoms with E-state index in [1.807, 2.05) is 0 Å². The molecule has 0 saturated carbocycles. The molecule has 3 fully saturated rings. The number of carboxylic acids is 1. The maximum Gasteiger partial charge on any atom is 0.327 e. The number of hydrogen-bond donors (Lipinski definition) is 1. The van der Waals surface area contributed by atoms with Gasteiger partial charge < -0.3 is 19.3 Å². The van der Waals surface area contributed by atoms with Crippen LogP contribution in [0.3, 0.4) is 0 Å². The van der Waals surface area contributed by atoms with Gasteiger partial charge in [-0.3, -0.25) is 0 Å². The van der Waals surface area contributed by atoms with E-state index in [1.165, 1.54) is 76.7 Å². The molecule has 6 unspecified atom stereocenters. The number of carbonyl (C=O) groups is 1. The molecule has 0 aromatic carbocycles. The van der Waals surface area contributed by atoms with Gasteiger partial charge in [0.05, 0.1) is 36.6 Å². The van der Waals surface area contributed by atoms with Crippen molar-refractivity contribution < 1.29 is 24.1 Å². The van der Waals surface area contributed by atoms with E-state index in [2.05, 4.69) is 6.92 Å². The predicted molar refractivity (Wildman–Crippen MR) is 113 cm³/mol. The Bertz CT molecular complexity index is 519. The van der Waals surface area contributed by atoms with Crippen molar-refractivity contribution in [3.05, 3.63) is 12.2 Å². The number of aliphatic carboxylic acids is 1. The molecule has 5 heteroatoms. The Kier molecular flexibility index (Phi) is 9.47. The monoisotopic (exact) mass is 408 g/mol. The normalized spacial score (nSPS) is 32.6. The summed E-state index contributed by atoms with van der Waals surface area (Å²) in [4.78, 5) is 10.4. The molecular formula is C24H40O5. The van der Waals surface area contributed by atoms with Crippen molar-refractivity contribution >= 4 is 5.97 Å². The maximum absolute atomic E-state index is 10.4. The molecule has 3 saturated heterocycles. The van der Waals surface area contributed by atoms with Gasteiger partial charge in [0, 0.05) is 12.5 Å². The van der Waals surface area contributed by atoms with Crippen molar-refractivity contribution in [2.45, 2.75) is 133 Å². The molecule has 3 heterocycles. The minimum absolute atomic E-state index is 0.190. The van der Waals surface area contributed by atoms with Gasteiger partial charge in [-0.2, -0.15) is 0 Å². The van der Waals surface area contributed by atoms with Gasteiger partial charge in [-0.15, -0.1) is 0 Å². The highest BCUT2D eigenvalue weighted by Gasteiger charge is 2.47. The van der Waals surface area contributed by atoms with E-state index in [1.54, 1.807) is 6.08 Å². The zero-order valence-corrected chi connectivity index (χ0v) is 18.1. The minimum Gasteiger partial charge on any atom is -0.478 e. The lowest BCUT2D eigenvalue weighted by molar-refractivity contribution is -0.131. The van der Waals surface area contributed by atoms with Crippen LogP contribution in [0.5, 0.6) is 0 Å². The average molecular weight is 409 g/mol. The van der Waals surface area contributed by atoms with Crippen LogP contribution in [0.4, 0.5) is 0 Å². The average Bonchev–Trinajstić information content (AvgIpc) is 3.59. The molecule has 29 heavy (non-hydrogen) atoms. The summed E-state index contributed by atoms with van der Waals surface area (Å²) in [6, 6.07) is 0. The van der Waals surface area contributed by atoms with Gasteiger partial charge >= 0.3 is 5.97 Å². The highest BCUT2D eigenvalue weighted by atomic mass is 16.6. The van der Waals surface area contributed by atoms with Gasteiger partial charge in [-0.05, 0) is 25.7 Å². The molecular weight excluding hydrogens is 368 g/mol. The first-order valence-corrected chi connectivity index (χ1v) is 12.0. The second-order valence-electron chi connectivity index (χ2n) is 9.05. The lowest BCUT2D eigenvalue weighted by Crippen LogP contribution is -2.02. The number of epoxide rings is 3. The number of ether oxygens (including phenoxy) is 3. The molecule has 3 aliphatic heterocycles. The molecule has 0 aromatic rings. The Morgan fingerprint density at radius 3 is 1.86 bits per heavy atom. The summed E-state index contributed by atoms with van der Waals surface area (Å²) in [5.74, 6) is -0.895. The second-order valence-corrected chi connectivity index (χ2v) is 9.05. The molecule has 6 atom stereocenters. The first-order valence-electron chi connectivity index (χ1n) is 12.0. The third-order valence-corrected chi connectivity index (χ3v) is 6.48. The molecule has 0 spiro atoms. The fourth-order valence-electron chi connectivity index (χ4n) is 4.45. The minimum atomic E-state index is -0.895. The van der Waals surface area contributed by atoms with Crippen molar-refractivity contribution in [1.82, 2.24) is 0 Å². The third-order valence-electron chi connectivity index (χ3n) is 6.48. The Morgan fingerprint density at radius 1 is 0.724 bits per heavy atom. The van der Waals surface area contributed by atoms with E-state index in [0.29, 0.717) is 30.8 Å². The smallest absolute Gasteiger partial charge is 0.327 e. The van der Waals surface area contributed by atoms with Gasteiger partial charge in [0.1, 0.15) is 0 Å². The van der Waals surface area contributed by atoms with Gasteiger partial charge in [0.2, 0.25) is 0 Å². The first-order chi connectivity index (χ1) is 14.2. The fraction of sp³-hybridized carbons (Fsp3) is 0.875. The topological polar surface area (TPSA) is 74.9 Å². The lowest BCUT2D eigenvalue weighted by Gasteiger charge is -2.00. The standard InChI is InChI=1S/C24H40O5/c1-2-3-4-5-6-7-8-12-18-19(27-18)13-9-10-14-20-22(28-20)17-23-21(29-23)15-11-16-24(25)26/h11,16,18-23H,2-10,12-15,17H2,1H3,(H,25,26). The van der Waals surface area contributed by atoms with Crippen LogP contribution in [0, 0.1) is 0 Å². The summed E-state index contributed by atoms with van der Waals surface area (Å²) in [5, 5.41) is 8.58. The number of hydrogen-bond acceptors (Lipinski definition) is 4. The highest BCUT2D eigenvalue weighted by Crippen LogP contribution is 2.39. The van der Waals surface area contributed by atoms with Gasteiger partial charge in [-0.1, -0.05) is 70.8 Å². The molecule has 0 radical (unpaired) electrons. The molecule has 1 N–H and O–H groups in total. The van der Waals surface area contributed by atoms with Crippen molar-refractivity contribution in [3.8, 4) is 0 Å². The van der Waals surface area contributed by atoms with Crippen LogP contribution in [0.15, 0.2) is 12.2 Å². The third kappa shape index (κ3) is 9.18. The Balaban J connectivity index is 1.08. The van der Waals surface area contributed by atoms with E-state index in [-0.39, 0.29) is 12.2 Å². The summed E-state index contributed by atoms with van der Waals surface area (Å²) >= 11 is 0. The number of unbranched alkanes of at least 4 members (excludes halogenated alkanes) is 7. The fourth-order valence-corrected chi connectivity index (χ4v) is 4.45. The first kappa shape index (κ1) is 22.8. The maximum atomic E-state index is 10.4. The van der Waals surface area contributed by atoms with Gasteiger partial charge in [0.25, 0.3) is 0 Å². The summed E-state index contributed by atoms with van der Waals surface area (Å²) in [5.41, 5.74) is 0. The molecule has 0 aliphatic carbocycles. The van der Waals surface area contributed by atoms with Crippen LogP contribution in [-0.2, 0) is 19.0 Å². The zero-order chi connectivity index (χ0) is 20.5. The van der Waals surface area contributed by atoms with E-state index in [4.69, 9.17) is 19.3 Å². The van der Waals surface area contributed by atoms with E-state index in [0.717, 1.165) is 12.8 Å².